The van der Waals surface area contributed by atoms with Gasteiger partial charge in [-0.2, -0.15) is 5.10 Å². The highest BCUT2D eigenvalue weighted by molar-refractivity contribution is 5.78. The topological polar surface area (TPSA) is 67.0 Å². The lowest BCUT2D eigenvalue weighted by atomic mass is 10.1. The number of nitrogens with one attached hydrogen (secondary N) is 2. The van der Waals surface area contributed by atoms with Gasteiger partial charge in [0.2, 0.25) is 5.91 Å². The van der Waals surface area contributed by atoms with Crippen LogP contribution in [0.3, 0.4) is 0 Å². The molecule has 1 heterocycles. The predicted octanol–water partition coefficient (Wildman–Crippen LogP) is 3.07. The Morgan fingerprint density at radius 1 is 1.46 bits per heavy atom. The molecule has 1 aliphatic rings. The first-order chi connectivity index (χ1) is 11.5. The molecular formula is C18H22FN3O2. The number of aromatic amines is 1. The van der Waals surface area contributed by atoms with Crippen LogP contribution in [0.1, 0.15) is 42.8 Å². The molecule has 1 aromatic heterocycles. The van der Waals surface area contributed by atoms with Gasteiger partial charge >= 0.3 is 0 Å². The third-order valence-electron chi connectivity index (χ3n) is 4.11. The average molecular weight is 331 g/mol. The minimum atomic E-state index is -0.392. The van der Waals surface area contributed by atoms with Crippen molar-refractivity contribution in [2.75, 3.05) is 6.61 Å². The Labute approximate surface area is 140 Å². The van der Waals surface area contributed by atoms with E-state index < -0.39 is 5.82 Å². The van der Waals surface area contributed by atoms with Gasteiger partial charge in [-0.05, 0) is 56.4 Å². The first-order valence-electron chi connectivity index (χ1n) is 8.24. The van der Waals surface area contributed by atoms with E-state index in [0.29, 0.717) is 23.8 Å². The van der Waals surface area contributed by atoms with Crippen LogP contribution in [-0.4, -0.2) is 22.7 Å². The van der Waals surface area contributed by atoms with Crippen LogP contribution in [0.25, 0.3) is 0 Å². The van der Waals surface area contributed by atoms with Gasteiger partial charge in [-0.3, -0.25) is 9.89 Å². The lowest BCUT2D eigenvalue weighted by Crippen LogP contribution is -2.28. The summed E-state index contributed by atoms with van der Waals surface area (Å²) in [6.45, 7) is 4.28. The summed E-state index contributed by atoms with van der Waals surface area (Å²) in [6.07, 6.45) is 2.52. The fourth-order valence-electron chi connectivity index (χ4n) is 2.50. The molecule has 5 nitrogen and oxygen atoms in total. The summed E-state index contributed by atoms with van der Waals surface area (Å²) >= 11 is 0. The number of amides is 1. The molecule has 24 heavy (non-hydrogen) atoms. The molecule has 6 heteroatoms. The molecule has 1 aromatic carbocycles. The third kappa shape index (κ3) is 4.34. The summed E-state index contributed by atoms with van der Waals surface area (Å²) in [7, 11) is 0. The molecule has 1 aliphatic carbocycles. The summed E-state index contributed by atoms with van der Waals surface area (Å²) in [5.41, 5.74) is 2.31. The number of hydrogen-bond acceptors (Lipinski definition) is 3. The molecule has 0 bridgehead atoms. The smallest absolute Gasteiger partial charge is 0.226 e. The van der Waals surface area contributed by atoms with E-state index in [4.69, 9.17) is 4.74 Å². The zero-order chi connectivity index (χ0) is 17.1. The van der Waals surface area contributed by atoms with Crippen LogP contribution in [0.5, 0.6) is 5.75 Å². The van der Waals surface area contributed by atoms with Crippen LogP contribution in [0.4, 0.5) is 4.39 Å². The Bertz CT molecular complexity index is 725. The van der Waals surface area contributed by atoms with Gasteiger partial charge in [0, 0.05) is 5.69 Å². The molecule has 1 fully saturated rings. The number of aryl methyl sites for hydroxylation is 1. The van der Waals surface area contributed by atoms with Crippen molar-refractivity contribution in [2.24, 2.45) is 5.92 Å². The Morgan fingerprint density at radius 3 is 2.88 bits per heavy atom. The number of nitrogens with zero attached hydrogens (tertiary/aromatic N) is 1. The van der Waals surface area contributed by atoms with Crippen molar-refractivity contribution in [1.29, 1.82) is 0 Å². The summed E-state index contributed by atoms with van der Waals surface area (Å²) in [6, 6.07) is 6.38. The van der Waals surface area contributed by atoms with Crippen molar-refractivity contribution >= 4 is 5.91 Å². The number of hydrogen-bond donors (Lipinski definition) is 2. The highest BCUT2D eigenvalue weighted by atomic mass is 19.1. The standard InChI is InChI=1S/C18H22FN3O2/c1-11-7-15(22-21-11)9-18(23)20-12(2)14-5-6-17(16(19)8-14)24-10-13-3-4-13/h5-8,12-13H,3-4,9-10H2,1-2H3,(H,20,23)(H,21,22)/t12-/m1/s1. The number of rotatable bonds is 7. The van der Waals surface area contributed by atoms with Crippen molar-refractivity contribution in [3.05, 3.63) is 47.0 Å². The van der Waals surface area contributed by atoms with Gasteiger partial charge in [-0.25, -0.2) is 4.39 Å². The van der Waals surface area contributed by atoms with Gasteiger partial charge in [-0.15, -0.1) is 0 Å². The quantitative estimate of drug-likeness (QED) is 0.819. The zero-order valence-corrected chi connectivity index (χ0v) is 13.9. The number of benzene rings is 1. The second kappa shape index (κ2) is 7.03. The van der Waals surface area contributed by atoms with Gasteiger partial charge in [0.25, 0.3) is 0 Å². The summed E-state index contributed by atoms with van der Waals surface area (Å²) in [5, 5.41) is 9.70. The molecule has 0 saturated heterocycles. The minimum absolute atomic E-state index is 0.150. The molecule has 0 spiro atoms. The zero-order valence-electron chi connectivity index (χ0n) is 13.9. The maximum Gasteiger partial charge on any atom is 0.226 e. The molecule has 0 radical (unpaired) electrons. The molecule has 2 N–H and O–H groups in total. The van der Waals surface area contributed by atoms with Crippen molar-refractivity contribution in [3.63, 3.8) is 0 Å². The van der Waals surface area contributed by atoms with Gasteiger partial charge in [0.05, 0.1) is 24.8 Å². The Kier molecular flexibility index (Phi) is 4.83. The second-order valence-electron chi connectivity index (χ2n) is 6.45. The highest BCUT2D eigenvalue weighted by Gasteiger charge is 2.22. The van der Waals surface area contributed by atoms with E-state index in [-0.39, 0.29) is 24.1 Å². The molecule has 3 rings (SSSR count). The Hall–Kier alpha value is -2.37. The first-order valence-corrected chi connectivity index (χ1v) is 8.24. The molecule has 0 aliphatic heterocycles. The average Bonchev–Trinajstić information content (AvgIpc) is 3.27. The third-order valence-corrected chi connectivity index (χ3v) is 4.11. The van der Waals surface area contributed by atoms with Gasteiger partial charge in [-0.1, -0.05) is 6.07 Å². The number of ether oxygens (including phenoxy) is 1. The van der Waals surface area contributed by atoms with Crippen LogP contribution >= 0.6 is 0 Å². The van der Waals surface area contributed by atoms with Crippen LogP contribution < -0.4 is 10.1 Å². The molecule has 1 saturated carbocycles. The number of carbonyl (C=O) groups is 1. The van der Waals surface area contributed by atoms with Crippen molar-refractivity contribution < 1.29 is 13.9 Å². The van der Waals surface area contributed by atoms with E-state index in [1.54, 1.807) is 12.1 Å². The largest absolute Gasteiger partial charge is 0.490 e. The first kappa shape index (κ1) is 16.5. The number of H-pyrrole nitrogens is 1. The van der Waals surface area contributed by atoms with Crippen LogP contribution in [0.2, 0.25) is 0 Å². The summed E-state index contributed by atoms with van der Waals surface area (Å²) in [4.78, 5) is 12.1. The number of aromatic nitrogens is 2. The normalized spacial score (nSPS) is 15.1. The number of halogens is 1. The SMILES string of the molecule is Cc1cc(CC(=O)N[C@H](C)c2ccc(OCC3CC3)c(F)c2)n[nH]1. The fourth-order valence-corrected chi connectivity index (χ4v) is 2.50. The van der Waals surface area contributed by atoms with Gasteiger partial charge in [0.1, 0.15) is 0 Å². The molecule has 128 valence electrons. The monoisotopic (exact) mass is 331 g/mol. The second-order valence-corrected chi connectivity index (χ2v) is 6.45. The van der Waals surface area contributed by atoms with Gasteiger partial charge in [0.15, 0.2) is 11.6 Å². The molecule has 0 unspecified atom stereocenters. The maximum absolute atomic E-state index is 14.1. The summed E-state index contributed by atoms with van der Waals surface area (Å²) in [5.74, 6) is 0.310. The van der Waals surface area contributed by atoms with Crippen LogP contribution in [0, 0.1) is 18.7 Å². The van der Waals surface area contributed by atoms with E-state index >= 15 is 0 Å². The van der Waals surface area contributed by atoms with Crippen LogP contribution in [0.15, 0.2) is 24.3 Å². The van der Waals surface area contributed by atoms with E-state index in [2.05, 4.69) is 15.5 Å². The van der Waals surface area contributed by atoms with E-state index in [0.717, 1.165) is 18.5 Å². The lowest BCUT2D eigenvalue weighted by molar-refractivity contribution is -0.121. The Morgan fingerprint density at radius 2 is 2.25 bits per heavy atom. The van der Waals surface area contributed by atoms with Crippen molar-refractivity contribution in [3.8, 4) is 5.75 Å². The Balaban J connectivity index is 1.56. The molecule has 1 amide bonds. The van der Waals surface area contributed by atoms with Crippen molar-refractivity contribution in [1.82, 2.24) is 15.5 Å². The molecule has 1 atom stereocenters. The van der Waals surface area contributed by atoms with Crippen LogP contribution in [-0.2, 0) is 11.2 Å². The number of carbonyl (C=O) groups excluding carboxylic acids is 1. The minimum Gasteiger partial charge on any atom is -0.490 e. The molecular weight excluding hydrogens is 309 g/mol. The van der Waals surface area contributed by atoms with E-state index in [9.17, 15) is 9.18 Å². The lowest BCUT2D eigenvalue weighted by Gasteiger charge is -2.15. The van der Waals surface area contributed by atoms with Crippen molar-refractivity contribution in [2.45, 2.75) is 39.2 Å². The summed E-state index contributed by atoms with van der Waals surface area (Å²) < 4.78 is 19.6. The van der Waals surface area contributed by atoms with E-state index in [1.807, 2.05) is 19.9 Å². The van der Waals surface area contributed by atoms with E-state index in [1.165, 1.54) is 6.07 Å². The maximum atomic E-state index is 14.1. The van der Waals surface area contributed by atoms with Gasteiger partial charge < -0.3 is 10.1 Å². The highest BCUT2D eigenvalue weighted by Crippen LogP contribution is 2.30. The fraction of sp³-hybridized carbons (Fsp3) is 0.444. The predicted molar refractivity (Wildman–Crippen MR) is 88.2 cm³/mol. The molecule has 2 aromatic rings.